The van der Waals surface area contributed by atoms with Gasteiger partial charge in [-0.05, 0) is 27.4 Å². The molecule has 0 atom stereocenters. The van der Waals surface area contributed by atoms with E-state index in [9.17, 15) is 0 Å². The van der Waals surface area contributed by atoms with Crippen LogP contribution in [0.25, 0.3) is 0 Å². The van der Waals surface area contributed by atoms with Crippen LogP contribution >= 0.6 is 0 Å². The largest absolute Gasteiger partial charge is 0.477 e. The Bertz CT molecular complexity index is 328. The fourth-order valence-electron chi connectivity index (χ4n) is 1.30. The molecule has 5 nitrogen and oxygen atoms in total. The van der Waals surface area contributed by atoms with Crippen molar-refractivity contribution in [2.45, 2.75) is 13.3 Å². The molecule has 0 fully saturated rings. The van der Waals surface area contributed by atoms with Crippen molar-refractivity contribution in [1.82, 2.24) is 14.9 Å². The van der Waals surface area contributed by atoms with E-state index in [-0.39, 0.29) is 0 Å². The average Bonchev–Trinajstić information content (AvgIpc) is 2.23. The van der Waals surface area contributed by atoms with Gasteiger partial charge in [0.1, 0.15) is 11.6 Å². The number of anilines is 1. The fourth-order valence-corrected chi connectivity index (χ4v) is 1.30. The highest BCUT2D eigenvalue weighted by molar-refractivity contribution is 5.37. The molecule has 1 aromatic rings. The molecule has 0 aliphatic rings. The number of nitrogens with zero attached hydrogens (tertiary/aromatic N) is 3. The molecule has 1 aromatic heterocycles. The Morgan fingerprint density at radius 3 is 2.75 bits per heavy atom. The molecule has 0 saturated heterocycles. The van der Waals surface area contributed by atoms with Crippen LogP contribution in [0.5, 0.6) is 5.88 Å². The van der Waals surface area contributed by atoms with Gasteiger partial charge in [-0.25, -0.2) is 4.98 Å². The zero-order chi connectivity index (χ0) is 12.0. The van der Waals surface area contributed by atoms with Gasteiger partial charge in [-0.1, -0.05) is 0 Å². The molecule has 16 heavy (non-hydrogen) atoms. The SMILES string of the molecule is CNc1cc(OCCCN(C)C)nc(C)n1. The van der Waals surface area contributed by atoms with Crippen LogP contribution in [0, 0.1) is 6.92 Å². The topological polar surface area (TPSA) is 50.3 Å². The summed E-state index contributed by atoms with van der Waals surface area (Å²) in [5.74, 6) is 2.14. The molecule has 0 amide bonds. The van der Waals surface area contributed by atoms with E-state index in [1.165, 1.54) is 0 Å². The van der Waals surface area contributed by atoms with Crippen molar-refractivity contribution >= 4 is 5.82 Å². The average molecular weight is 224 g/mol. The van der Waals surface area contributed by atoms with Crippen LogP contribution in [0.15, 0.2) is 6.07 Å². The minimum absolute atomic E-state index is 0.635. The van der Waals surface area contributed by atoms with Crippen LogP contribution in [-0.2, 0) is 0 Å². The lowest BCUT2D eigenvalue weighted by atomic mass is 10.4. The van der Waals surface area contributed by atoms with Crippen molar-refractivity contribution in [3.05, 3.63) is 11.9 Å². The predicted molar refractivity (Wildman–Crippen MR) is 65.0 cm³/mol. The van der Waals surface area contributed by atoms with Gasteiger partial charge in [-0.3, -0.25) is 0 Å². The first kappa shape index (κ1) is 12.7. The van der Waals surface area contributed by atoms with Gasteiger partial charge in [0.2, 0.25) is 5.88 Å². The molecule has 5 heteroatoms. The van der Waals surface area contributed by atoms with E-state index in [1.54, 1.807) is 0 Å². The van der Waals surface area contributed by atoms with E-state index in [4.69, 9.17) is 4.74 Å². The normalized spacial score (nSPS) is 10.6. The highest BCUT2D eigenvalue weighted by atomic mass is 16.5. The summed E-state index contributed by atoms with van der Waals surface area (Å²) < 4.78 is 5.56. The molecule has 0 aliphatic carbocycles. The smallest absolute Gasteiger partial charge is 0.218 e. The first-order valence-corrected chi connectivity index (χ1v) is 5.43. The Hall–Kier alpha value is -1.36. The number of aromatic nitrogens is 2. The summed E-state index contributed by atoms with van der Waals surface area (Å²) in [5.41, 5.74) is 0. The molecule has 0 aliphatic heterocycles. The van der Waals surface area contributed by atoms with E-state index in [2.05, 4.69) is 20.2 Å². The first-order chi connectivity index (χ1) is 7.61. The molecule has 90 valence electrons. The van der Waals surface area contributed by atoms with Crippen molar-refractivity contribution in [2.75, 3.05) is 39.6 Å². The quantitative estimate of drug-likeness (QED) is 0.735. The van der Waals surface area contributed by atoms with Gasteiger partial charge in [0.15, 0.2) is 0 Å². The maximum Gasteiger partial charge on any atom is 0.218 e. The van der Waals surface area contributed by atoms with Gasteiger partial charge in [0.25, 0.3) is 0 Å². The first-order valence-electron chi connectivity index (χ1n) is 5.43. The van der Waals surface area contributed by atoms with Gasteiger partial charge >= 0.3 is 0 Å². The standard InChI is InChI=1S/C11H20N4O/c1-9-13-10(12-2)8-11(14-9)16-7-5-6-15(3)4/h8H,5-7H2,1-4H3,(H,12,13,14). The van der Waals surface area contributed by atoms with E-state index in [0.717, 1.165) is 24.6 Å². The molecule has 0 aromatic carbocycles. The molecular weight excluding hydrogens is 204 g/mol. The lowest BCUT2D eigenvalue weighted by Crippen LogP contribution is -2.15. The Morgan fingerprint density at radius 1 is 1.38 bits per heavy atom. The Morgan fingerprint density at radius 2 is 2.12 bits per heavy atom. The summed E-state index contributed by atoms with van der Waals surface area (Å²) in [5, 5.41) is 2.98. The van der Waals surface area contributed by atoms with Crippen LogP contribution in [-0.4, -0.2) is 49.2 Å². The fraction of sp³-hybridized carbons (Fsp3) is 0.636. The molecule has 0 spiro atoms. The van der Waals surface area contributed by atoms with Gasteiger partial charge < -0.3 is 15.0 Å². The summed E-state index contributed by atoms with van der Waals surface area (Å²) in [7, 11) is 5.93. The van der Waals surface area contributed by atoms with Gasteiger partial charge in [0, 0.05) is 19.7 Å². The summed E-state index contributed by atoms with van der Waals surface area (Å²) in [4.78, 5) is 10.5. The van der Waals surface area contributed by atoms with E-state index in [0.29, 0.717) is 12.5 Å². The third-order valence-corrected chi connectivity index (χ3v) is 2.07. The number of rotatable bonds is 6. The minimum atomic E-state index is 0.635. The third-order valence-electron chi connectivity index (χ3n) is 2.07. The molecule has 0 radical (unpaired) electrons. The molecule has 1 rings (SSSR count). The zero-order valence-corrected chi connectivity index (χ0v) is 10.4. The third kappa shape index (κ3) is 4.44. The van der Waals surface area contributed by atoms with Crippen LogP contribution in [0.3, 0.4) is 0 Å². The van der Waals surface area contributed by atoms with Crippen molar-refractivity contribution in [3.8, 4) is 5.88 Å². The molecular formula is C11H20N4O. The van der Waals surface area contributed by atoms with Crippen molar-refractivity contribution in [1.29, 1.82) is 0 Å². The van der Waals surface area contributed by atoms with Gasteiger partial charge in [0.05, 0.1) is 6.61 Å². The summed E-state index contributed by atoms with van der Waals surface area (Å²) >= 11 is 0. The zero-order valence-electron chi connectivity index (χ0n) is 10.4. The molecule has 0 saturated carbocycles. The lowest BCUT2D eigenvalue weighted by molar-refractivity contribution is 0.272. The van der Waals surface area contributed by atoms with Crippen LogP contribution < -0.4 is 10.1 Å². The second kappa shape index (κ2) is 6.27. The number of hydrogen-bond donors (Lipinski definition) is 1. The minimum Gasteiger partial charge on any atom is -0.477 e. The number of ether oxygens (including phenoxy) is 1. The maximum absolute atomic E-state index is 5.56. The van der Waals surface area contributed by atoms with E-state index < -0.39 is 0 Å². The summed E-state index contributed by atoms with van der Waals surface area (Å²) in [6.07, 6.45) is 0.991. The summed E-state index contributed by atoms with van der Waals surface area (Å²) in [6, 6.07) is 1.81. The molecule has 0 bridgehead atoms. The monoisotopic (exact) mass is 224 g/mol. The van der Waals surface area contributed by atoms with Crippen molar-refractivity contribution in [2.24, 2.45) is 0 Å². The van der Waals surface area contributed by atoms with E-state index in [1.807, 2.05) is 34.1 Å². The second-order valence-corrected chi connectivity index (χ2v) is 3.89. The molecule has 0 unspecified atom stereocenters. The van der Waals surface area contributed by atoms with Crippen molar-refractivity contribution in [3.63, 3.8) is 0 Å². The Kier molecular flexibility index (Phi) is 4.98. The number of nitrogens with one attached hydrogen (secondary N) is 1. The number of aryl methyl sites for hydroxylation is 1. The predicted octanol–water partition coefficient (Wildman–Crippen LogP) is 1.16. The Labute approximate surface area is 96.8 Å². The lowest BCUT2D eigenvalue weighted by Gasteiger charge is -2.10. The van der Waals surface area contributed by atoms with Crippen LogP contribution in [0.2, 0.25) is 0 Å². The number of hydrogen-bond acceptors (Lipinski definition) is 5. The van der Waals surface area contributed by atoms with E-state index >= 15 is 0 Å². The molecule has 1 N–H and O–H groups in total. The van der Waals surface area contributed by atoms with Crippen LogP contribution in [0.1, 0.15) is 12.2 Å². The Balaban J connectivity index is 2.44. The van der Waals surface area contributed by atoms with Crippen LogP contribution in [0.4, 0.5) is 5.82 Å². The summed E-state index contributed by atoms with van der Waals surface area (Å²) in [6.45, 7) is 3.55. The molecule has 1 heterocycles. The van der Waals surface area contributed by atoms with Crippen molar-refractivity contribution < 1.29 is 4.74 Å². The highest BCUT2D eigenvalue weighted by Gasteiger charge is 2.01. The highest BCUT2D eigenvalue weighted by Crippen LogP contribution is 2.12. The second-order valence-electron chi connectivity index (χ2n) is 3.89. The van der Waals surface area contributed by atoms with Gasteiger partial charge in [-0.15, -0.1) is 0 Å². The maximum atomic E-state index is 5.56. The van der Waals surface area contributed by atoms with Gasteiger partial charge in [-0.2, -0.15) is 4.98 Å².